The summed E-state index contributed by atoms with van der Waals surface area (Å²) in [5.41, 5.74) is 7.10. The molecule has 0 atom stereocenters. The van der Waals surface area contributed by atoms with Crippen LogP contribution in [0.15, 0.2) is 35.2 Å². The zero-order chi connectivity index (χ0) is 13.4. The van der Waals surface area contributed by atoms with Crippen LogP contribution < -0.4 is 10.5 Å². The molecule has 2 aromatic heterocycles. The van der Waals surface area contributed by atoms with Crippen LogP contribution in [0.25, 0.3) is 11.0 Å². The van der Waals surface area contributed by atoms with Gasteiger partial charge in [-0.25, -0.2) is 9.97 Å². The number of nitrogen functional groups attached to an aromatic ring is 1. The second kappa shape index (κ2) is 4.51. The minimum atomic E-state index is 0.454. The summed E-state index contributed by atoms with van der Waals surface area (Å²) in [6.45, 7) is 0. The van der Waals surface area contributed by atoms with Crippen molar-refractivity contribution in [2.24, 2.45) is 7.05 Å². The molecule has 96 valence electrons. The number of hydrogen-bond donors (Lipinski definition) is 1. The Morgan fingerprint density at radius 3 is 2.89 bits per heavy atom. The maximum Gasteiger partial charge on any atom is 0.233 e. The molecule has 0 radical (unpaired) electrons. The Morgan fingerprint density at radius 1 is 1.26 bits per heavy atom. The van der Waals surface area contributed by atoms with Gasteiger partial charge in [0.15, 0.2) is 5.65 Å². The minimum absolute atomic E-state index is 0.454. The van der Waals surface area contributed by atoms with E-state index in [1.54, 1.807) is 23.0 Å². The second-order valence-electron chi connectivity index (χ2n) is 4.01. The van der Waals surface area contributed by atoms with Gasteiger partial charge in [-0.15, -0.1) is 0 Å². The number of rotatable bonds is 2. The third kappa shape index (κ3) is 2.24. The Hall–Kier alpha value is -2.15. The maximum absolute atomic E-state index is 5.77. The number of anilines is 1. The summed E-state index contributed by atoms with van der Waals surface area (Å²) < 4.78 is 8.26. The molecule has 7 heteroatoms. The lowest BCUT2D eigenvalue weighted by Crippen LogP contribution is -1.94. The first-order valence-electron chi connectivity index (χ1n) is 5.50. The Bertz CT molecular complexity index is 735. The lowest BCUT2D eigenvalue weighted by Gasteiger charge is -2.06. The van der Waals surface area contributed by atoms with Gasteiger partial charge in [-0.3, -0.25) is 4.68 Å². The molecule has 0 bridgehead atoms. The van der Waals surface area contributed by atoms with Crippen molar-refractivity contribution in [3.63, 3.8) is 0 Å². The third-order valence-electron chi connectivity index (χ3n) is 2.60. The summed E-state index contributed by atoms with van der Waals surface area (Å²) in [6.07, 6.45) is 3.12. The summed E-state index contributed by atoms with van der Waals surface area (Å²) in [6, 6.07) is 5.35. The minimum Gasteiger partial charge on any atom is -0.438 e. The molecular weight excluding hydrogens is 310 g/mol. The molecule has 2 heterocycles. The molecule has 0 fully saturated rings. The van der Waals surface area contributed by atoms with Crippen molar-refractivity contribution in [3.05, 3.63) is 35.2 Å². The van der Waals surface area contributed by atoms with E-state index in [1.165, 1.54) is 6.33 Å². The summed E-state index contributed by atoms with van der Waals surface area (Å²) >= 11 is 3.37. The van der Waals surface area contributed by atoms with Crippen LogP contribution in [0.4, 0.5) is 5.69 Å². The molecule has 0 spiro atoms. The number of fused-ring (bicyclic) bond motifs is 1. The van der Waals surface area contributed by atoms with Gasteiger partial charge in [0.25, 0.3) is 0 Å². The Kier molecular flexibility index (Phi) is 2.83. The van der Waals surface area contributed by atoms with Crippen molar-refractivity contribution in [2.45, 2.75) is 0 Å². The van der Waals surface area contributed by atoms with Crippen LogP contribution in [-0.2, 0) is 7.05 Å². The molecule has 0 saturated carbocycles. The van der Waals surface area contributed by atoms with E-state index in [2.05, 4.69) is 31.0 Å². The standard InChI is InChI=1S/C12H10BrN5O/c1-18-11-10(5-17-18)12(16-6-15-11)19-9-3-7(13)2-8(14)4-9/h2-6H,14H2,1H3. The summed E-state index contributed by atoms with van der Waals surface area (Å²) in [5, 5.41) is 4.89. The van der Waals surface area contributed by atoms with Crippen molar-refractivity contribution in [2.75, 3.05) is 5.73 Å². The van der Waals surface area contributed by atoms with E-state index in [0.717, 1.165) is 9.86 Å². The van der Waals surface area contributed by atoms with Crippen molar-refractivity contribution < 1.29 is 4.74 Å². The maximum atomic E-state index is 5.77. The van der Waals surface area contributed by atoms with E-state index in [4.69, 9.17) is 10.5 Å². The van der Waals surface area contributed by atoms with Crippen LogP contribution in [0.1, 0.15) is 0 Å². The van der Waals surface area contributed by atoms with E-state index >= 15 is 0 Å². The van der Waals surface area contributed by atoms with E-state index in [1.807, 2.05) is 13.1 Å². The van der Waals surface area contributed by atoms with Crippen LogP contribution in [0.3, 0.4) is 0 Å². The molecular formula is C12H10BrN5O. The molecule has 19 heavy (non-hydrogen) atoms. The highest BCUT2D eigenvalue weighted by molar-refractivity contribution is 9.10. The smallest absolute Gasteiger partial charge is 0.233 e. The predicted molar refractivity (Wildman–Crippen MR) is 74.9 cm³/mol. The molecule has 3 aromatic rings. The lowest BCUT2D eigenvalue weighted by molar-refractivity contribution is 0.468. The fourth-order valence-electron chi connectivity index (χ4n) is 1.78. The van der Waals surface area contributed by atoms with Gasteiger partial charge in [0, 0.05) is 23.3 Å². The van der Waals surface area contributed by atoms with Gasteiger partial charge in [0.05, 0.1) is 6.20 Å². The monoisotopic (exact) mass is 319 g/mol. The van der Waals surface area contributed by atoms with Gasteiger partial charge in [0.1, 0.15) is 17.5 Å². The quantitative estimate of drug-likeness (QED) is 0.734. The highest BCUT2D eigenvalue weighted by Crippen LogP contribution is 2.29. The van der Waals surface area contributed by atoms with Gasteiger partial charge >= 0.3 is 0 Å². The second-order valence-corrected chi connectivity index (χ2v) is 4.92. The summed E-state index contributed by atoms with van der Waals surface area (Å²) in [4.78, 5) is 8.29. The fraction of sp³-hybridized carbons (Fsp3) is 0.0833. The first kappa shape index (κ1) is 11.9. The van der Waals surface area contributed by atoms with E-state index in [9.17, 15) is 0 Å². The molecule has 1 aromatic carbocycles. The first-order chi connectivity index (χ1) is 9.13. The molecule has 3 rings (SSSR count). The zero-order valence-corrected chi connectivity index (χ0v) is 11.6. The van der Waals surface area contributed by atoms with Crippen LogP contribution in [-0.4, -0.2) is 19.7 Å². The molecule has 0 unspecified atom stereocenters. The number of ether oxygens (including phenoxy) is 1. The number of hydrogen-bond acceptors (Lipinski definition) is 5. The fourth-order valence-corrected chi connectivity index (χ4v) is 2.27. The van der Waals surface area contributed by atoms with Crippen molar-refractivity contribution in [3.8, 4) is 11.6 Å². The van der Waals surface area contributed by atoms with Crippen molar-refractivity contribution in [1.82, 2.24) is 19.7 Å². The normalized spacial score (nSPS) is 10.8. The van der Waals surface area contributed by atoms with Crippen molar-refractivity contribution in [1.29, 1.82) is 0 Å². The number of benzene rings is 1. The molecule has 0 aliphatic heterocycles. The third-order valence-corrected chi connectivity index (χ3v) is 3.06. The number of aromatic nitrogens is 4. The SMILES string of the molecule is Cn1ncc2c(Oc3cc(N)cc(Br)c3)ncnc21. The number of nitrogens with two attached hydrogens (primary N) is 1. The Balaban J connectivity index is 2.05. The molecule has 6 nitrogen and oxygen atoms in total. The van der Waals surface area contributed by atoms with Crippen LogP contribution in [0.2, 0.25) is 0 Å². The molecule has 2 N–H and O–H groups in total. The van der Waals surface area contributed by atoms with Crippen LogP contribution in [0, 0.1) is 0 Å². The summed E-state index contributed by atoms with van der Waals surface area (Å²) in [5.74, 6) is 1.06. The van der Waals surface area contributed by atoms with Gasteiger partial charge < -0.3 is 10.5 Å². The Labute approximate surface area is 117 Å². The van der Waals surface area contributed by atoms with E-state index < -0.39 is 0 Å². The van der Waals surface area contributed by atoms with Gasteiger partial charge in [-0.2, -0.15) is 5.10 Å². The van der Waals surface area contributed by atoms with Gasteiger partial charge in [0.2, 0.25) is 5.88 Å². The van der Waals surface area contributed by atoms with Crippen LogP contribution in [0.5, 0.6) is 11.6 Å². The predicted octanol–water partition coefficient (Wildman–Crippen LogP) is 2.50. The largest absolute Gasteiger partial charge is 0.438 e. The molecule has 0 saturated heterocycles. The highest BCUT2D eigenvalue weighted by Gasteiger charge is 2.10. The van der Waals surface area contributed by atoms with Gasteiger partial charge in [-0.05, 0) is 12.1 Å². The topological polar surface area (TPSA) is 78.9 Å². The highest BCUT2D eigenvalue weighted by atomic mass is 79.9. The van der Waals surface area contributed by atoms with Crippen LogP contribution >= 0.6 is 15.9 Å². The van der Waals surface area contributed by atoms with Gasteiger partial charge in [-0.1, -0.05) is 15.9 Å². The average molecular weight is 320 g/mol. The number of halogens is 1. The first-order valence-corrected chi connectivity index (χ1v) is 6.29. The number of aryl methyl sites for hydroxylation is 1. The molecule has 0 amide bonds. The number of nitrogens with zero attached hydrogens (tertiary/aromatic N) is 4. The van der Waals surface area contributed by atoms with E-state index in [0.29, 0.717) is 23.0 Å². The molecule has 0 aliphatic carbocycles. The van der Waals surface area contributed by atoms with E-state index in [-0.39, 0.29) is 0 Å². The Morgan fingerprint density at radius 2 is 2.11 bits per heavy atom. The summed E-state index contributed by atoms with van der Waals surface area (Å²) in [7, 11) is 1.82. The lowest BCUT2D eigenvalue weighted by atomic mass is 10.3. The zero-order valence-electron chi connectivity index (χ0n) is 10.0. The average Bonchev–Trinajstić information content (AvgIpc) is 2.71. The molecule has 0 aliphatic rings. The van der Waals surface area contributed by atoms with Crippen molar-refractivity contribution >= 4 is 32.7 Å².